The molecule has 1 aromatic heterocycles. The first-order valence-electron chi connectivity index (χ1n) is 5.19. The van der Waals surface area contributed by atoms with E-state index in [0.717, 1.165) is 6.07 Å². The molecule has 0 aliphatic rings. The maximum atomic E-state index is 13.0. The molecule has 20 heavy (non-hydrogen) atoms. The third kappa shape index (κ3) is 3.27. The van der Waals surface area contributed by atoms with Crippen molar-refractivity contribution in [3.63, 3.8) is 0 Å². The molecule has 106 valence electrons. The number of alkyl halides is 3. The summed E-state index contributed by atoms with van der Waals surface area (Å²) in [7, 11) is 0. The second-order valence-electron chi connectivity index (χ2n) is 3.75. The SMILES string of the molecule is Nc1nc(Nc2ccc(F)c(Cl)c2)cc(C(F)(F)F)n1. The second-order valence-corrected chi connectivity index (χ2v) is 4.16. The number of hydrogen-bond donors (Lipinski definition) is 2. The molecule has 0 aliphatic carbocycles. The van der Waals surface area contributed by atoms with E-state index in [1.807, 2.05) is 0 Å². The Labute approximate surface area is 115 Å². The Hall–Kier alpha value is -2.09. The van der Waals surface area contributed by atoms with Crippen molar-refractivity contribution in [3.8, 4) is 0 Å². The van der Waals surface area contributed by atoms with Crippen molar-refractivity contribution in [1.29, 1.82) is 0 Å². The quantitative estimate of drug-likeness (QED) is 0.832. The van der Waals surface area contributed by atoms with Crippen LogP contribution < -0.4 is 11.1 Å². The Morgan fingerprint density at radius 2 is 1.85 bits per heavy atom. The van der Waals surface area contributed by atoms with Crippen molar-refractivity contribution in [2.75, 3.05) is 11.1 Å². The zero-order valence-corrected chi connectivity index (χ0v) is 10.4. The molecule has 0 atom stereocenters. The molecular formula is C11H7ClF4N4. The number of aromatic nitrogens is 2. The molecule has 0 radical (unpaired) electrons. The van der Waals surface area contributed by atoms with E-state index in [-0.39, 0.29) is 16.5 Å². The lowest BCUT2D eigenvalue weighted by atomic mass is 10.3. The Morgan fingerprint density at radius 3 is 2.45 bits per heavy atom. The molecule has 0 aliphatic heterocycles. The topological polar surface area (TPSA) is 63.8 Å². The summed E-state index contributed by atoms with van der Waals surface area (Å²) >= 11 is 5.56. The van der Waals surface area contributed by atoms with Gasteiger partial charge in [-0.25, -0.2) is 9.37 Å². The van der Waals surface area contributed by atoms with Gasteiger partial charge in [-0.3, -0.25) is 0 Å². The van der Waals surface area contributed by atoms with E-state index >= 15 is 0 Å². The van der Waals surface area contributed by atoms with Crippen LogP contribution in [0.3, 0.4) is 0 Å². The van der Waals surface area contributed by atoms with Gasteiger partial charge in [-0.15, -0.1) is 0 Å². The molecule has 0 bridgehead atoms. The highest BCUT2D eigenvalue weighted by molar-refractivity contribution is 6.31. The smallest absolute Gasteiger partial charge is 0.368 e. The van der Waals surface area contributed by atoms with E-state index < -0.39 is 23.6 Å². The number of nitrogens with two attached hydrogens (primary N) is 1. The maximum Gasteiger partial charge on any atom is 0.433 e. The van der Waals surface area contributed by atoms with Crippen LogP contribution >= 0.6 is 11.6 Å². The monoisotopic (exact) mass is 306 g/mol. The molecule has 1 heterocycles. The highest BCUT2D eigenvalue weighted by atomic mass is 35.5. The van der Waals surface area contributed by atoms with Crippen LogP contribution in [0, 0.1) is 5.82 Å². The third-order valence-electron chi connectivity index (χ3n) is 2.23. The molecular weight excluding hydrogens is 300 g/mol. The zero-order chi connectivity index (χ0) is 14.9. The molecule has 0 unspecified atom stereocenters. The molecule has 1 aromatic carbocycles. The van der Waals surface area contributed by atoms with Crippen LogP contribution in [-0.2, 0) is 6.18 Å². The minimum absolute atomic E-state index is 0.173. The summed E-state index contributed by atoms with van der Waals surface area (Å²) < 4.78 is 50.6. The van der Waals surface area contributed by atoms with Crippen LogP contribution in [-0.4, -0.2) is 9.97 Å². The van der Waals surface area contributed by atoms with Gasteiger partial charge in [-0.2, -0.15) is 18.2 Å². The molecule has 0 saturated heterocycles. The van der Waals surface area contributed by atoms with Crippen LogP contribution in [0.1, 0.15) is 5.69 Å². The van der Waals surface area contributed by atoms with Crippen molar-refractivity contribution in [3.05, 3.63) is 40.8 Å². The van der Waals surface area contributed by atoms with Crippen LogP contribution in [0.25, 0.3) is 0 Å². The molecule has 0 fully saturated rings. The molecule has 0 saturated carbocycles. The van der Waals surface area contributed by atoms with E-state index in [2.05, 4.69) is 15.3 Å². The van der Waals surface area contributed by atoms with Gasteiger partial charge in [0.25, 0.3) is 0 Å². The lowest BCUT2D eigenvalue weighted by Gasteiger charge is -2.10. The van der Waals surface area contributed by atoms with E-state index in [4.69, 9.17) is 17.3 Å². The highest BCUT2D eigenvalue weighted by Crippen LogP contribution is 2.30. The number of nitrogens with zero attached hydrogens (tertiary/aromatic N) is 2. The number of nitrogens with one attached hydrogen (secondary N) is 1. The lowest BCUT2D eigenvalue weighted by molar-refractivity contribution is -0.141. The standard InChI is InChI=1S/C11H7ClF4N4/c12-6-3-5(1-2-7(6)13)18-9-4-8(11(14,15)16)19-10(17)20-9/h1-4H,(H3,17,18,19,20). The molecule has 4 nitrogen and oxygen atoms in total. The summed E-state index contributed by atoms with van der Waals surface area (Å²) in [5.41, 5.74) is 4.30. The molecule has 0 amide bonds. The first kappa shape index (κ1) is 14.3. The van der Waals surface area contributed by atoms with Gasteiger partial charge >= 0.3 is 6.18 Å². The predicted molar refractivity (Wildman–Crippen MR) is 66.1 cm³/mol. The molecule has 0 spiro atoms. The normalized spacial score (nSPS) is 11.4. The Bertz CT molecular complexity index is 645. The average molecular weight is 307 g/mol. The van der Waals surface area contributed by atoms with Crippen LogP contribution in [0.15, 0.2) is 24.3 Å². The molecule has 2 rings (SSSR count). The number of benzene rings is 1. The first-order chi connectivity index (χ1) is 9.25. The first-order valence-corrected chi connectivity index (χ1v) is 5.57. The summed E-state index contributed by atoms with van der Waals surface area (Å²) in [6.07, 6.45) is -4.64. The predicted octanol–water partition coefficient (Wildman–Crippen LogP) is 3.61. The van der Waals surface area contributed by atoms with Crippen LogP contribution in [0.2, 0.25) is 5.02 Å². The number of nitrogen functional groups attached to an aromatic ring is 1. The average Bonchev–Trinajstić information content (AvgIpc) is 2.32. The van der Waals surface area contributed by atoms with Gasteiger partial charge in [0, 0.05) is 11.8 Å². The van der Waals surface area contributed by atoms with Gasteiger partial charge in [0.15, 0.2) is 5.69 Å². The third-order valence-corrected chi connectivity index (χ3v) is 2.52. The Balaban J connectivity index is 2.33. The van der Waals surface area contributed by atoms with Crippen molar-refractivity contribution >= 4 is 29.1 Å². The van der Waals surface area contributed by atoms with Crippen molar-refractivity contribution in [2.24, 2.45) is 0 Å². The van der Waals surface area contributed by atoms with E-state index in [1.54, 1.807) is 0 Å². The fourth-order valence-corrected chi connectivity index (χ4v) is 1.58. The molecule has 3 N–H and O–H groups in total. The summed E-state index contributed by atoms with van der Waals surface area (Å²) in [6, 6.07) is 4.27. The van der Waals surface area contributed by atoms with Crippen LogP contribution in [0.4, 0.5) is 35.0 Å². The Morgan fingerprint density at radius 1 is 1.15 bits per heavy atom. The van der Waals surface area contributed by atoms with Gasteiger partial charge in [0.1, 0.15) is 11.6 Å². The van der Waals surface area contributed by atoms with E-state index in [0.29, 0.717) is 6.07 Å². The van der Waals surface area contributed by atoms with E-state index in [1.165, 1.54) is 12.1 Å². The summed E-state index contributed by atoms with van der Waals surface area (Å²) in [6.45, 7) is 0. The zero-order valence-electron chi connectivity index (χ0n) is 9.67. The number of rotatable bonds is 2. The highest BCUT2D eigenvalue weighted by Gasteiger charge is 2.33. The van der Waals surface area contributed by atoms with Gasteiger partial charge < -0.3 is 11.1 Å². The van der Waals surface area contributed by atoms with Gasteiger partial charge in [-0.05, 0) is 18.2 Å². The minimum Gasteiger partial charge on any atom is -0.368 e. The molecule has 9 heteroatoms. The van der Waals surface area contributed by atoms with Gasteiger partial charge in [-0.1, -0.05) is 11.6 Å². The summed E-state index contributed by atoms with van der Waals surface area (Å²) in [4.78, 5) is 6.71. The summed E-state index contributed by atoms with van der Waals surface area (Å²) in [5.74, 6) is -1.35. The van der Waals surface area contributed by atoms with Crippen molar-refractivity contribution in [1.82, 2.24) is 9.97 Å². The van der Waals surface area contributed by atoms with Crippen LogP contribution in [0.5, 0.6) is 0 Å². The van der Waals surface area contributed by atoms with Gasteiger partial charge in [0.05, 0.1) is 5.02 Å². The van der Waals surface area contributed by atoms with Crippen molar-refractivity contribution < 1.29 is 17.6 Å². The van der Waals surface area contributed by atoms with Gasteiger partial charge in [0.2, 0.25) is 5.95 Å². The molecule has 2 aromatic rings. The number of hydrogen-bond acceptors (Lipinski definition) is 4. The minimum atomic E-state index is -4.64. The lowest BCUT2D eigenvalue weighted by Crippen LogP contribution is -2.12. The fraction of sp³-hybridized carbons (Fsp3) is 0.0909. The number of halogens is 5. The number of anilines is 3. The summed E-state index contributed by atoms with van der Waals surface area (Å²) in [5, 5.41) is 2.37. The largest absolute Gasteiger partial charge is 0.433 e. The second kappa shape index (κ2) is 5.12. The fourth-order valence-electron chi connectivity index (χ4n) is 1.40. The van der Waals surface area contributed by atoms with E-state index in [9.17, 15) is 17.6 Å². The van der Waals surface area contributed by atoms with Crippen molar-refractivity contribution in [2.45, 2.75) is 6.18 Å². The Kier molecular flexibility index (Phi) is 3.67. The maximum absolute atomic E-state index is 13.0.